The van der Waals surface area contributed by atoms with Gasteiger partial charge in [-0.2, -0.15) is 5.10 Å². The molecule has 0 unspecified atom stereocenters. The van der Waals surface area contributed by atoms with Crippen molar-refractivity contribution in [2.24, 2.45) is 7.05 Å². The van der Waals surface area contributed by atoms with Crippen LogP contribution in [0.3, 0.4) is 0 Å². The minimum atomic E-state index is -0.964. The number of nitrogens with zero attached hydrogens (tertiary/aromatic N) is 3. The molecule has 0 bridgehead atoms. The lowest BCUT2D eigenvalue weighted by Crippen LogP contribution is -2.29. The number of carbonyl (C=O) groups is 1. The van der Waals surface area contributed by atoms with Gasteiger partial charge in [0, 0.05) is 20.1 Å². The fraction of sp³-hybridized carbons (Fsp3) is 0.636. The first-order chi connectivity index (χ1) is 8.10. The molecule has 0 amide bonds. The van der Waals surface area contributed by atoms with E-state index in [-0.39, 0.29) is 12.2 Å². The van der Waals surface area contributed by atoms with Crippen LogP contribution < -0.4 is 0 Å². The van der Waals surface area contributed by atoms with E-state index >= 15 is 0 Å². The van der Waals surface area contributed by atoms with E-state index in [9.17, 15) is 4.79 Å². The third-order valence-corrected chi connectivity index (χ3v) is 2.62. The van der Waals surface area contributed by atoms with Gasteiger partial charge in [-0.05, 0) is 13.0 Å². The summed E-state index contributed by atoms with van der Waals surface area (Å²) in [5.41, 5.74) is 0.894. The number of hydrogen-bond donors (Lipinski definition) is 2. The largest absolute Gasteiger partial charge is 0.478 e. The first-order valence-corrected chi connectivity index (χ1v) is 5.67. The average molecular weight is 241 g/mol. The van der Waals surface area contributed by atoms with Gasteiger partial charge < -0.3 is 10.2 Å². The third kappa shape index (κ3) is 3.54. The fourth-order valence-corrected chi connectivity index (χ4v) is 1.77. The van der Waals surface area contributed by atoms with Gasteiger partial charge in [0.1, 0.15) is 5.56 Å². The van der Waals surface area contributed by atoms with Crippen molar-refractivity contribution in [3.63, 3.8) is 0 Å². The maximum atomic E-state index is 11.0. The van der Waals surface area contributed by atoms with E-state index < -0.39 is 5.97 Å². The Labute approximate surface area is 100 Å². The molecule has 0 radical (unpaired) electrons. The quantitative estimate of drug-likeness (QED) is 0.719. The minimum Gasteiger partial charge on any atom is -0.478 e. The highest BCUT2D eigenvalue weighted by Crippen LogP contribution is 2.11. The van der Waals surface area contributed by atoms with Crippen molar-refractivity contribution in [1.82, 2.24) is 14.7 Å². The second-order valence-electron chi connectivity index (χ2n) is 3.93. The summed E-state index contributed by atoms with van der Waals surface area (Å²) in [5, 5.41) is 21.9. The van der Waals surface area contributed by atoms with E-state index in [0.717, 1.165) is 13.0 Å². The Kier molecular flexibility index (Phi) is 5.11. The van der Waals surface area contributed by atoms with Gasteiger partial charge >= 0.3 is 5.97 Å². The van der Waals surface area contributed by atoms with E-state index in [1.807, 2.05) is 11.8 Å². The van der Waals surface area contributed by atoms with Crippen LogP contribution in [0.25, 0.3) is 0 Å². The molecule has 0 aliphatic rings. The summed E-state index contributed by atoms with van der Waals surface area (Å²) in [6.07, 6.45) is 2.32. The molecule has 1 aromatic heterocycles. The van der Waals surface area contributed by atoms with Gasteiger partial charge in [0.05, 0.1) is 18.5 Å². The molecular weight excluding hydrogens is 222 g/mol. The highest BCUT2D eigenvalue weighted by molar-refractivity contribution is 5.88. The van der Waals surface area contributed by atoms with Crippen molar-refractivity contribution in [3.8, 4) is 0 Å². The van der Waals surface area contributed by atoms with E-state index in [4.69, 9.17) is 10.2 Å². The number of carboxylic acid groups (broad SMARTS) is 1. The minimum absolute atomic E-state index is 0.0697. The number of aliphatic hydroxyl groups is 1. The van der Waals surface area contributed by atoms with Gasteiger partial charge in [-0.25, -0.2) is 4.79 Å². The summed E-state index contributed by atoms with van der Waals surface area (Å²) in [6.45, 7) is 3.97. The molecule has 0 aliphatic heterocycles. The van der Waals surface area contributed by atoms with Gasteiger partial charge in [0.15, 0.2) is 0 Å². The van der Waals surface area contributed by atoms with Crippen LogP contribution >= 0.6 is 0 Å². The predicted octanol–water partition coefficient (Wildman–Crippen LogP) is 0.323. The smallest absolute Gasteiger partial charge is 0.339 e. The number of aliphatic hydroxyl groups excluding tert-OH is 1. The van der Waals surface area contributed by atoms with E-state index in [2.05, 4.69) is 5.10 Å². The maximum absolute atomic E-state index is 11.0. The predicted molar refractivity (Wildman–Crippen MR) is 62.8 cm³/mol. The topological polar surface area (TPSA) is 78.6 Å². The zero-order valence-corrected chi connectivity index (χ0v) is 10.3. The van der Waals surface area contributed by atoms with Crippen molar-refractivity contribution in [2.75, 3.05) is 19.7 Å². The Hall–Kier alpha value is -1.40. The van der Waals surface area contributed by atoms with E-state index in [1.54, 1.807) is 11.7 Å². The SMILES string of the molecule is CCCN(CCO)Cc1c(C(=O)O)cnn1C. The van der Waals surface area contributed by atoms with Crippen LogP contribution in [0.2, 0.25) is 0 Å². The molecule has 1 aromatic rings. The van der Waals surface area contributed by atoms with Crippen LogP contribution in [0.4, 0.5) is 0 Å². The summed E-state index contributed by atoms with van der Waals surface area (Å²) >= 11 is 0. The maximum Gasteiger partial charge on any atom is 0.339 e. The Morgan fingerprint density at radius 1 is 1.53 bits per heavy atom. The highest BCUT2D eigenvalue weighted by Gasteiger charge is 2.17. The number of carboxylic acids is 1. The Bertz CT molecular complexity index is 370. The molecule has 0 fully saturated rings. The number of aromatic nitrogens is 2. The monoisotopic (exact) mass is 241 g/mol. The second kappa shape index (κ2) is 6.36. The zero-order chi connectivity index (χ0) is 12.8. The Morgan fingerprint density at radius 3 is 2.76 bits per heavy atom. The van der Waals surface area contributed by atoms with Gasteiger partial charge in [0.2, 0.25) is 0 Å². The van der Waals surface area contributed by atoms with Crippen LogP contribution in [0.15, 0.2) is 6.20 Å². The van der Waals surface area contributed by atoms with E-state index in [1.165, 1.54) is 6.20 Å². The normalized spacial score (nSPS) is 11.1. The lowest BCUT2D eigenvalue weighted by atomic mass is 10.2. The van der Waals surface area contributed by atoms with Crippen molar-refractivity contribution in [3.05, 3.63) is 17.5 Å². The zero-order valence-electron chi connectivity index (χ0n) is 10.3. The molecule has 0 spiro atoms. The summed E-state index contributed by atoms with van der Waals surface area (Å²) in [7, 11) is 1.73. The van der Waals surface area contributed by atoms with Gasteiger partial charge in [-0.3, -0.25) is 9.58 Å². The Balaban J connectivity index is 2.83. The van der Waals surface area contributed by atoms with Crippen molar-refractivity contribution < 1.29 is 15.0 Å². The molecule has 1 rings (SSSR count). The molecule has 96 valence electrons. The number of aryl methyl sites for hydroxylation is 1. The highest BCUT2D eigenvalue weighted by atomic mass is 16.4. The van der Waals surface area contributed by atoms with Crippen molar-refractivity contribution in [1.29, 1.82) is 0 Å². The lowest BCUT2D eigenvalue weighted by molar-refractivity contribution is 0.0694. The van der Waals surface area contributed by atoms with E-state index in [0.29, 0.717) is 18.8 Å². The lowest BCUT2D eigenvalue weighted by Gasteiger charge is -2.20. The Morgan fingerprint density at radius 2 is 2.24 bits per heavy atom. The van der Waals surface area contributed by atoms with Gasteiger partial charge in [0.25, 0.3) is 0 Å². The molecular formula is C11H19N3O3. The summed E-state index contributed by atoms with van der Waals surface area (Å²) in [5.74, 6) is -0.964. The summed E-state index contributed by atoms with van der Waals surface area (Å²) in [4.78, 5) is 13.0. The van der Waals surface area contributed by atoms with Gasteiger partial charge in [-0.15, -0.1) is 0 Å². The molecule has 0 saturated carbocycles. The summed E-state index contributed by atoms with van der Waals surface area (Å²) < 4.78 is 1.57. The molecule has 0 aliphatic carbocycles. The van der Waals surface area contributed by atoms with Crippen LogP contribution in [-0.4, -0.2) is 50.6 Å². The standard InChI is InChI=1S/C11H19N3O3/c1-3-4-14(5-6-15)8-10-9(11(16)17)7-12-13(10)2/h7,15H,3-6,8H2,1-2H3,(H,16,17). The molecule has 0 atom stereocenters. The van der Waals surface area contributed by atoms with Crippen LogP contribution in [0, 0.1) is 0 Å². The molecule has 6 heteroatoms. The first kappa shape index (κ1) is 13.7. The first-order valence-electron chi connectivity index (χ1n) is 5.67. The summed E-state index contributed by atoms with van der Waals surface area (Å²) in [6, 6.07) is 0. The molecule has 17 heavy (non-hydrogen) atoms. The number of hydrogen-bond acceptors (Lipinski definition) is 4. The molecule has 0 aromatic carbocycles. The molecule has 2 N–H and O–H groups in total. The molecule has 1 heterocycles. The molecule has 0 saturated heterocycles. The fourth-order valence-electron chi connectivity index (χ4n) is 1.77. The van der Waals surface area contributed by atoms with Crippen LogP contribution in [-0.2, 0) is 13.6 Å². The number of aromatic carboxylic acids is 1. The number of rotatable bonds is 7. The van der Waals surface area contributed by atoms with Crippen molar-refractivity contribution in [2.45, 2.75) is 19.9 Å². The van der Waals surface area contributed by atoms with Crippen LogP contribution in [0.5, 0.6) is 0 Å². The van der Waals surface area contributed by atoms with Gasteiger partial charge in [-0.1, -0.05) is 6.92 Å². The van der Waals surface area contributed by atoms with Crippen molar-refractivity contribution >= 4 is 5.97 Å². The molecule has 6 nitrogen and oxygen atoms in total. The van der Waals surface area contributed by atoms with Crippen LogP contribution in [0.1, 0.15) is 29.4 Å². The second-order valence-corrected chi connectivity index (χ2v) is 3.93. The average Bonchev–Trinajstić information content (AvgIpc) is 2.61. The third-order valence-electron chi connectivity index (χ3n) is 2.62.